The Labute approximate surface area is 85.5 Å². The highest BCUT2D eigenvalue weighted by Crippen LogP contribution is 2.07. The molecule has 1 N–H and O–H groups in total. The molecular weight excluding hydrogens is 180 g/mol. The summed E-state index contributed by atoms with van der Waals surface area (Å²) >= 11 is 0. The van der Waals surface area contributed by atoms with Crippen molar-refractivity contribution in [1.82, 2.24) is 9.80 Å². The van der Waals surface area contributed by atoms with E-state index in [1.165, 1.54) is 11.3 Å². The average Bonchev–Trinajstić information content (AvgIpc) is 2.18. The lowest BCUT2D eigenvalue weighted by molar-refractivity contribution is 0.0992. The molecule has 4 heteroatoms. The first-order valence-electron chi connectivity index (χ1n) is 5.33. The second-order valence-corrected chi connectivity index (χ2v) is 4.08. The molecule has 1 saturated heterocycles. The van der Waals surface area contributed by atoms with Crippen LogP contribution in [0.15, 0.2) is 0 Å². The molecule has 0 spiro atoms. The molecule has 0 bridgehead atoms. The fourth-order valence-electron chi connectivity index (χ4n) is 1.69. The van der Waals surface area contributed by atoms with E-state index in [9.17, 15) is 4.79 Å². The topological polar surface area (TPSA) is 43.8 Å². The molecule has 1 heterocycles. The quantitative estimate of drug-likeness (QED) is 0.747. The molecule has 0 aromatic rings. The zero-order chi connectivity index (χ0) is 10.6. The van der Waals surface area contributed by atoms with Crippen molar-refractivity contribution in [2.75, 3.05) is 32.7 Å². The van der Waals surface area contributed by atoms with Gasteiger partial charge in [0.05, 0.1) is 0 Å². The first-order chi connectivity index (χ1) is 6.63. The Hall–Kier alpha value is -0.770. The molecule has 0 aromatic carbocycles. The Kier molecular flexibility index (Phi) is 4.20. The first-order valence-corrected chi connectivity index (χ1v) is 5.33. The van der Waals surface area contributed by atoms with E-state index in [0.29, 0.717) is 19.0 Å². The Morgan fingerprint density at radius 2 is 1.93 bits per heavy atom. The minimum Gasteiger partial charge on any atom is -0.465 e. The van der Waals surface area contributed by atoms with Gasteiger partial charge in [0.25, 0.3) is 0 Å². The zero-order valence-electron chi connectivity index (χ0n) is 9.07. The van der Waals surface area contributed by atoms with Crippen LogP contribution in [0, 0.1) is 5.92 Å². The highest BCUT2D eigenvalue weighted by Gasteiger charge is 2.20. The summed E-state index contributed by atoms with van der Waals surface area (Å²) in [5.41, 5.74) is 0. The maximum absolute atomic E-state index is 10.6. The summed E-state index contributed by atoms with van der Waals surface area (Å²) in [4.78, 5) is 14.5. The lowest BCUT2D eigenvalue weighted by atomic mass is 10.1. The minimum absolute atomic E-state index is 0.658. The van der Waals surface area contributed by atoms with Gasteiger partial charge < -0.3 is 10.0 Å². The molecule has 1 fully saturated rings. The van der Waals surface area contributed by atoms with E-state index in [1.54, 1.807) is 0 Å². The fourth-order valence-corrected chi connectivity index (χ4v) is 1.69. The third-order valence-electron chi connectivity index (χ3n) is 2.91. The standard InChI is InChI=1S/C10H20N2O2/c1-3-9(2)8-11-4-6-12(7-5-11)10(13)14/h9H,3-8H2,1-2H3,(H,13,14). The number of hydrogen-bond acceptors (Lipinski definition) is 2. The van der Waals surface area contributed by atoms with Crippen LogP contribution in [0.1, 0.15) is 20.3 Å². The third-order valence-corrected chi connectivity index (χ3v) is 2.91. The number of carbonyl (C=O) groups is 1. The molecule has 1 rings (SSSR count). The molecular formula is C10H20N2O2. The van der Waals surface area contributed by atoms with Gasteiger partial charge in [-0.05, 0) is 5.92 Å². The normalized spacial score (nSPS) is 20.9. The predicted molar refractivity (Wildman–Crippen MR) is 55.5 cm³/mol. The van der Waals surface area contributed by atoms with E-state index < -0.39 is 6.09 Å². The summed E-state index contributed by atoms with van der Waals surface area (Å²) in [5, 5.41) is 8.76. The van der Waals surface area contributed by atoms with E-state index in [1.807, 2.05) is 0 Å². The van der Waals surface area contributed by atoms with Crippen LogP contribution in [0.2, 0.25) is 0 Å². The third kappa shape index (κ3) is 3.18. The Bertz CT molecular complexity index is 189. The van der Waals surface area contributed by atoms with Crippen molar-refractivity contribution in [3.63, 3.8) is 0 Å². The van der Waals surface area contributed by atoms with Crippen molar-refractivity contribution < 1.29 is 9.90 Å². The number of carboxylic acid groups (broad SMARTS) is 1. The molecule has 1 atom stereocenters. The lowest BCUT2D eigenvalue weighted by Gasteiger charge is -2.34. The van der Waals surface area contributed by atoms with Crippen LogP contribution in [0.4, 0.5) is 4.79 Å². The molecule has 0 aliphatic carbocycles. The molecule has 1 unspecified atom stereocenters. The van der Waals surface area contributed by atoms with E-state index in [4.69, 9.17) is 5.11 Å². The van der Waals surface area contributed by atoms with Gasteiger partial charge in [-0.25, -0.2) is 4.79 Å². The number of rotatable bonds is 3. The van der Waals surface area contributed by atoms with Gasteiger partial charge >= 0.3 is 6.09 Å². The molecule has 0 aromatic heterocycles. The van der Waals surface area contributed by atoms with Crippen molar-refractivity contribution in [3.05, 3.63) is 0 Å². The number of piperazine rings is 1. The number of hydrogen-bond donors (Lipinski definition) is 1. The van der Waals surface area contributed by atoms with Crippen LogP contribution in [-0.4, -0.2) is 53.7 Å². The Balaban J connectivity index is 2.25. The van der Waals surface area contributed by atoms with Crippen LogP contribution in [0.5, 0.6) is 0 Å². The molecule has 1 amide bonds. The summed E-state index contributed by atoms with van der Waals surface area (Å²) in [7, 11) is 0. The van der Waals surface area contributed by atoms with Crippen molar-refractivity contribution in [1.29, 1.82) is 0 Å². The fraction of sp³-hybridized carbons (Fsp3) is 0.900. The van der Waals surface area contributed by atoms with E-state index in [2.05, 4.69) is 18.7 Å². The molecule has 82 valence electrons. The highest BCUT2D eigenvalue weighted by molar-refractivity contribution is 5.65. The van der Waals surface area contributed by atoms with Crippen molar-refractivity contribution in [2.45, 2.75) is 20.3 Å². The van der Waals surface area contributed by atoms with Gasteiger partial charge in [-0.1, -0.05) is 20.3 Å². The van der Waals surface area contributed by atoms with Gasteiger partial charge in [-0.15, -0.1) is 0 Å². The van der Waals surface area contributed by atoms with Gasteiger partial charge in [0.15, 0.2) is 0 Å². The van der Waals surface area contributed by atoms with Gasteiger partial charge in [0, 0.05) is 32.7 Å². The van der Waals surface area contributed by atoms with Gasteiger partial charge in [0.2, 0.25) is 0 Å². The Morgan fingerprint density at radius 1 is 1.36 bits per heavy atom. The average molecular weight is 200 g/mol. The maximum Gasteiger partial charge on any atom is 0.407 e. The van der Waals surface area contributed by atoms with Crippen LogP contribution in [0.3, 0.4) is 0 Å². The SMILES string of the molecule is CCC(C)CN1CCN(C(=O)O)CC1. The second kappa shape index (κ2) is 5.20. The molecule has 4 nitrogen and oxygen atoms in total. The predicted octanol–water partition coefficient (Wildman–Crippen LogP) is 1.33. The highest BCUT2D eigenvalue weighted by atomic mass is 16.4. The van der Waals surface area contributed by atoms with E-state index >= 15 is 0 Å². The largest absolute Gasteiger partial charge is 0.465 e. The first kappa shape index (κ1) is 11.3. The smallest absolute Gasteiger partial charge is 0.407 e. The van der Waals surface area contributed by atoms with E-state index in [-0.39, 0.29) is 0 Å². The van der Waals surface area contributed by atoms with Crippen LogP contribution in [0.25, 0.3) is 0 Å². The van der Waals surface area contributed by atoms with Crippen molar-refractivity contribution >= 4 is 6.09 Å². The number of amides is 1. The summed E-state index contributed by atoms with van der Waals surface area (Å²) in [6.45, 7) is 8.62. The zero-order valence-corrected chi connectivity index (χ0v) is 9.07. The lowest BCUT2D eigenvalue weighted by Crippen LogP contribution is -2.49. The summed E-state index contributed by atoms with van der Waals surface area (Å²) in [6.07, 6.45) is 0.410. The van der Waals surface area contributed by atoms with Crippen LogP contribution < -0.4 is 0 Å². The summed E-state index contributed by atoms with van der Waals surface area (Å²) in [5.74, 6) is 0.714. The van der Waals surface area contributed by atoms with Gasteiger partial charge in [-0.3, -0.25) is 4.90 Å². The maximum atomic E-state index is 10.6. The molecule has 0 radical (unpaired) electrons. The van der Waals surface area contributed by atoms with Crippen LogP contribution >= 0.6 is 0 Å². The van der Waals surface area contributed by atoms with Crippen molar-refractivity contribution in [3.8, 4) is 0 Å². The molecule has 14 heavy (non-hydrogen) atoms. The number of nitrogens with zero attached hydrogens (tertiary/aromatic N) is 2. The van der Waals surface area contributed by atoms with E-state index in [0.717, 1.165) is 19.6 Å². The van der Waals surface area contributed by atoms with Gasteiger partial charge in [-0.2, -0.15) is 0 Å². The second-order valence-electron chi connectivity index (χ2n) is 4.08. The summed E-state index contributed by atoms with van der Waals surface area (Å²) < 4.78 is 0. The van der Waals surface area contributed by atoms with Crippen molar-refractivity contribution in [2.24, 2.45) is 5.92 Å². The molecule has 0 saturated carbocycles. The summed E-state index contributed by atoms with van der Waals surface area (Å²) in [6, 6.07) is 0. The Morgan fingerprint density at radius 3 is 2.36 bits per heavy atom. The minimum atomic E-state index is -0.784. The van der Waals surface area contributed by atoms with Crippen LogP contribution in [-0.2, 0) is 0 Å². The molecule has 1 aliphatic rings. The molecule has 1 aliphatic heterocycles. The monoisotopic (exact) mass is 200 g/mol. The van der Waals surface area contributed by atoms with Gasteiger partial charge in [0.1, 0.15) is 0 Å².